The lowest BCUT2D eigenvalue weighted by molar-refractivity contribution is -0.0363. The van der Waals surface area contributed by atoms with Gasteiger partial charge < -0.3 is 9.57 Å². The maximum atomic E-state index is 5.94. The van der Waals surface area contributed by atoms with Crippen molar-refractivity contribution in [1.82, 2.24) is 0 Å². The minimum absolute atomic E-state index is 0.280. The van der Waals surface area contributed by atoms with Crippen molar-refractivity contribution in [3.8, 4) is 11.5 Å². The Morgan fingerprint density at radius 3 is 2.73 bits per heavy atom. The predicted molar refractivity (Wildman–Crippen MR) is 89.6 cm³/mol. The molecule has 1 aliphatic heterocycles. The molecule has 2 aliphatic rings. The van der Waals surface area contributed by atoms with E-state index in [1.807, 2.05) is 36.4 Å². The van der Waals surface area contributed by atoms with Gasteiger partial charge in [0, 0.05) is 12.0 Å². The van der Waals surface area contributed by atoms with Crippen LogP contribution in [0, 0.1) is 0 Å². The van der Waals surface area contributed by atoms with Crippen LogP contribution in [0.15, 0.2) is 53.7 Å². The zero-order valence-corrected chi connectivity index (χ0v) is 13.7. The molecule has 0 aromatic heterocycles. The smallest absolute Gasteiger partial charge is 0.169 e. The van der Waals surface area contributed by atoms with Crippen LogP contribution in [-0.4, -0.2) is 4.62 Å². The number of oxime groups is 1. The van der Waals surface area contributed by atoms with E-state index >= 15 is 0 Å². The van der Waals surface area contributed by atoms with Crippen LogP contribution in [0.5, 0.6) is 11.5 Å². The Bertz CT molecular complexity index is 729. The molecule has 0 saturated heterocycles. The number of fused-ring (bicyclic) bond motifs is 2. The van der Waals surface area contributed by atoms with Gasteiger partial charge in [-0.2, -0.15) is 0 Å². The van der Waals surface area contributed by atoms with Crippen molar-refractivity contribution < 1.29 is 9.57 Å². The topological polar surface area (TPSA) is 30.8 Å². The second-order valence-corrected chi connectivity index (χ2v) is 6.73. The molecule has 0 unspecified atom stereocenters. The van der Waals surface area contributed by atoms with Gasteiger partial charge in [0.2, 0.25) is 0 Å². The Morgan fingerprint density at radius 2 is 1.95 bits per heavy atom. The fraction of sp³-hybridized carbons (Fsp3) is 0.278. The van der Waals surface area contributed by atoms with Crippen molar-refractivity contribution in [3.63, 3.8) is 0 Å². The van der Waals surface area contributed by atoms with E-state index in [-0.39, 0.29) is 5.60 Å². The lowest BCUT2D eigenvalue weighted by Gasteiger charge is -2.33. The van der Waals surface area contributed by atoms with Crippen molar-refractivity contribution in [2.24, 2.45) is 5.16 Å². The molecule has 1 spiro atoms. The molecule has 4 rings (SSSR count). The SMILES string of the molecule is BrC1=NO[C@@]2(CCCc3cc(Oc4ccccc4)ccc32)C1. The molecule has 1 aliphatic carbocycles. The number of benzene rings is 2. The summed E-state index contributed by atoms with van der Waals surface area (Å²) in [7, 11) is 0. The molecule has 112 valence electrons. The molecule has 0 saturated carbocycles. The minimum atomic E-state index is -0.280. The quantitative estimate of drug-likeness (QED) is 0.744. The number of halogens is 1. The van der Waals surface area contributed by atoms with Crippen LogP contribution < -0.4 is 4.74 Å². The van der Waals surface area contributed by atoms with E-state index < -0.39 is 0 Å². The van der Waals surface area contributed by atoms with E-state index in [1.165, 1.54) is 11.1 Å². The molecule has 2 aromatic carbocycles. The zero-order chi connectivity index (χ0) is 15.0. The van der Waals surface area contributed by atoms with Crippen LogP contribution in [-0.2, 0) is 16.9 Å². The third-order valence-corrected chi connectivity index (χ3v) is 4.75. The van der Waals surface area contributed by atoms with Crippen molar-refractivity contribution >= 4 is 20.6 Å². The molecule has 0 N–H and O–H groups in total. The Balaban J connectivity index is 1.64. The van der Waals surface area contributed by atoms with Gasteiger partial charge in [-0.25, -0.2) is 0 Å². The first kappa shape index (κ1) is 13.8. The molecule has 2 aromatic rings. The van der Waals surface area contributed by atoms with Crippen LogP contribution in [0.3, 0.4) is 0 Å². The molecule has 0 radical (unpaired) electrons. The number of hydrogen-bond donors (Lipinski definition) is 0. The van der Waals surface area contributed by atoms with E-state index in [0.29, 0.717) is 0 Å². The largest absolute Gasteiger partial charge is 0.457 e. The van der Waals surface area contributed by atoms with E-state index in [0.717, 1.165) is 41.8 Å². The first-order valence-electron chi connectivity index (χ1n) is 7.52. The molecule has 22 heavy (non-hydrogen) atoms. The van der Waals surface area contributed by atoms with Gasteiger partial charge in [0.25, 0.3) is 0 Å². The highest BCUT2D eigenvalue weighted by atomic mass is 79.9. The lowest BCUT2D eigenvalue weighted by Crippen LogP contribution is -2.30. The van der Waals surface area contributed by atoms with Gasteiger partial charge in [-0.1, -0.05) is 29.4 Å². The average Bonchev–Trinajstić information content (AvgIpc) is 2.90. The monoisotopic (exact) mass is 357 g/mol. The normalized spacial score (nSPS) is 22.9. The van der Waals surface area contributed by atoms with E-state index in [2.05, 4.69) is 33.2 Å². The van der Waals surface area contributed by atoms with Gasteiger partial charge in [0.15, 0.2) is 5.60 Å². The van der Waals surface area contributed by atoms with Crippen LogP contribution >= 0.6 is 15.9 Å². The Labute approximate surface area is 138 Å². The maximum absolute atomic E-state index is 5.94. The maximum Gasteiger partial charge on any atom is 0.169 e. The summed E-state index contributed by atoms with van der Waals surface area (Å²) in [5, 5.41) is 4.10. The number of aryl methyl sites for hydroxylation is 1. The summed E-state index contributed by atoms with van der Waals surface area (Å²) in [6.07, 6.45) is 4.00. The fourth-order valence-electron chi connectivity index (χ4n) is 3.32. The summed E-state index contributed by atoms with van der Waals surface area (Å²) in [6, 6.07) is 16.2. The molecule has 0 bridgehead atoms. The zero-order valence-electron chi connectivity index (χ0n) is 12.1. The van der Waals surface area contributed by atoms with Crippen molar-refractivity contribution in [3.05, 3.63) is 59.7 Å². The van der Waals surface area contributed by atoms with Gasteiger partial charge in [0.1, 0.15) is 16.1 Å². The highest BCUT2D eigenvalue weighted by Crippen LogP contribution is 2.46. The first-order chi connectivity index (χ1) is 10.8. The molecular formula is C18H16BrNO2. The number of para-hydroxylation sites is 1. The van der Waals surface area contributed by atoms with Gasteiger partial charge in [-0.05, 0) is 65.0 Å². The summed E-state index contributed by atoms with van der Waals surface area (Å²) in [5.74, 6) is 1.73. The van der Waals surface area contributed by atoms with Crippen LogP contribution in [0.1, 0.15) is 30.4 Å². The summed E-state index contributed by atoms with van der Waals surface area (Å²) >= 11 is 3.46. The van der Waals surface area contributed by atoms with Crippen LogP contribution in [0.4, 0.5) is 0 Å². The van der Waals surface area contributed by atoms with Gasteiger partial charge in [-0.3, -0.25) is 0 Å². The average molecular weight is 358 g/mol. The van der Waals surface area contributed by atoms with Crippen molar-refractivity contribution in [2.75, 3.05) is 0 Å². The van der Waals surface area contributed by atoms with Crippen LogP contribution in [0.2, 0.25) is 0 Å². The van der Waals surface area contributed by atoms with E-state index in [1.54, 1.807) is 0 Å². The Kier molecular flexibility index (Phi) is 3.41. The molecule has 4 heteroatoms. The third-order valence-electron chi connectivity index (χ3n) is 4.32. The summed E-state index contributed by atoms with van der Waals surface area (Å²) in [5.41, 5.74) is 2.27. The van der Waals surface area contributed by atoms with Gasteiger partial charge in [-0.15, -0.1) is 0 Å². The molecular weight excluding hydrogens is 342 g/mol. The number of hydrogen-bond acceptors (Lipinski definition) is 3. The molecule has 0 fully saturated rings. The fourth-order valence-corrected chi connectivity index (χ4v) is 3.85. The van der Waals surface area contributed by atoms with Crippen molar-refractivity contribution in [1.29, 1.82) is 0 Å². The summed E-state index contributed by atoms with van der Waals surface area (Å²) in [4.78, 5) is 5.78. The molecule has 3 nitrogen and oxygen atoms in total. The van der Waals surface area contributed by atoms with Crippen molar-refractivity contribution in [2.45, 2.75) is 31.3 Å². The molecule has 1 heterocycles. The highest BCUT2D eigenvalue weighted by Gasteiger charge is 2.43. The molecule has 0 amide bonds. The Morgan fingerprint density at radius 1 is 1.09 bits per heavy atom. The third kappa shape index (κ3) is 2.41. The van der Waals surface area contributed by atoms with Crippen LogP contribution in [0.25, 0.3) is 0 Å². The minimum Gasteiger partial charge on any atom is -0.457 e. The van der Waals surface area contributed by atoms with Gasteiger partial charge in [0.05, 0.1) is 0 Å². The van der Waals surface area contributed by atoms with E-state index in [4.69, 9.17) is 9.57 Å². The first-order valence-corrected chi connectivity index (χ1v) is 8.31. The second-order valence-electron chi connectivity index (χ2n) is 5.82. The summed E-state index contributed by atoms with van der Waals surface area (Å²) in [6.45, 7) is 0. The predicted octanol–water partition coefficient (Wildman–Crippen LogP) is 5.14. The standard InChI is InChI=1S/C18H16BrNO2/c19-17-12-18(22-20-17)10-4-5-13-11-15(8-9-16(13)18)21-14-6-2-1-3-7-14/h1-3,6-9,11H,4-5,10,12H2/t18-/m0/s1. The summed E-state index contributed by atoms with van der Waals surface area (Å²) < 4.78 is 6.83. The number of nitrogens with zero attached hydrogens (tertiary/aromatic N) is 1. The number of ether oxygens (including phenoxy) is 1. The second kappa shape index (κ2) is 5.43. The highest BCUT2D eigenvalue weighted by molar-refractivity contribution is 9.18. The molecule has 1 atom stereocenters. The van der Waals surface area contributed by atoms with E-state index in [9.17, 15) is 0 Å². The lowest BCUT2D eigenvalue weighted by atomic mass is 9.77. The van der Waals surface area contributed by atoms with Gasteiger partial charge >= 0.3 is 0 Å². The Hall–Kier alpha value is -1.81. The number of rotatable bonds is 2.